The lowest BCUT2D eigenvalue weighted by Crippen LogP contribution is -2.29. The zero-order chi connectivity index (χ0) is 16.4. The first-order chi connectivity index (χ1) is 11.0. The highest BCUT2D eigenvalue weighted by atomic mass is 19.1. The highest BCUT2D eigenvalue weighted by Crippen LogP contribution is 2.23. The van der Waals surface area contributed by atoms with Gasteiger partial charge in [-0.3, -0.25) is 4.79 Å². The summed E-state index contributed by atoms with van der Waals surface area (Å²) in [7, 11) is 0. The number of carbonyl (C=O) groups is 1. The van der Waals surface area contributed by atoms with Gasteiger partial charge in [-0.1, -0.05) is 0 Å². The molecule has 1 atom stereocenters. The van der Waals surface area contributed by atoms with Crippen LogP contribution in [0.15, 0.2) is 30.5 Å². The maximum atomic E-state index is 13.2. The van der Waals surface area contributed by atoms with E-state index in [4.69, 9.17) is 5.26 Å². The van der Waals surface area contributed by atoms with E-state index in [1.165, 1.54) is 24.4 Å². The van der Waals surface area contributed by atoms with E-state index in [9.17, 15) is 13.6 Å². The lowest BCUT2D eigenvalue weighted by molar-refractivity contribution is 0.0782. The topological polar surface area (TPSA) is 59.9 Å². The van der Waals surface area contributed by atoms with Crippen molar-refractivity contribution in [3.8, 4) is 6.07 Å². The molecule has 1 aliphatic heterocycles. The van der Waals surface area contributed by atoms with Crippen LogP contribution in [0.1, 0.15) is 28.0 Å². The lowest BCUT2D eigenvalue weighted by atomic mass is 9.98. The Labute approximate surface area is 132 Å². The number of hydrogen-bond acceptors (Lipinski definition) is 2. The molecular formula is C17H15F2N3O. The van der Waals surface area contributed by atoms with Crippen molar-refractivity contribution in [3.63, 3.8) is 0 Å². The molecular weight excluding hydrogens is 300 g/mol. The predicted octanol–water partition coefficient (Wildman–Crippen LogP) is 2.87. The molecule has 118 valence electrons. The van der Waals surface area contributed by atoms with E-state index in [1.54, 1.807) is 4.90 Å². The molecule has 0 aliphatic carbocycles. The third kappa shape index (κ3) is 3.39. The van der Waals surface area contributed by atoms with E-state index < -0.39 is 11.6 Å². The number of nitrogens with one attached hydrogen (secondary N) is 1. The number of halogens is 2. The maximum absolute atomic E-state index is 13.2. The Morgan fingerprint density at radius 2 is 2.04 bits per heavy atom. The van der Waals surface area contributed by atoms with Crippen LogP contribution in [-0.4, -0.2) is 28.9 Å². The van der Waals surface area contributed by atoms with E-state index in [0.717, 1.165) is 12.5 Å². The Hall–Kier alpha value is -2.68. The van der Waals surface area contributed by atoms with Gasteiger partial charge in [0.2, 0.25) is 0 Å². The molecule has 1 amide bonds. The quantitative estimate of drug-likeness (QED) is 0.947. The standard InChI is InChI=1S/C17H15F2N3O/c18-14-4-12(5-15(19)7-14)3-11-1-2-22(10-11)17(23)16-6-13(8-20)9-21-16/h4-7,9,11,21H,1-3,10H2. The molecule has 6 heteroatoms. The molecule has 0 spiro atoms. The van der Waals surface area contributed by atoms with E-state index in [-0.39, 0.29) is 11.8 Å². The van der Waals surface area contributed by atoms with Gasteiger partial charge in [0.15, 0.2) is 0 Å². The van der Waals surface area contributed by atoms with Crippen molar-refractivity contribution in [1.29, 1.82) is 5.26 Å². The Kier molecular flexibility index (Phi) is 4.11. The van der Waals surface area contributed by atoms with Crippen LogP contribution in [0.4, 0.5) is 8.78 Å². The fraction of sp³-hybridized carbons (Fsp3) is 0.294. The number of amides is 1. The van der Waals surface area contributed by atoms with Gasteiger partial charge in [0.1, 0.15) is 23.4 Å². The number of carbonyl (C=O) groups excluding carboxylic acids is 1. The van der Waals surface area contributed by atoms with Crippen LogP contribution in [0.25, 0.3) is 0 Å². The highest BCUT2D eigenvalue weighted by molar-refractivity contribution is 5.93. The molecule has 1 unspecified atom stereocenters. The second kappa shape index (κ2) is 6.21. The number of aromatic amines is 1. The Morgan fingerprint density at radius 1 is 1.30 bits per heavy atom. The molecule has 1 fully saturated rings. The molecule has 4 nitrogen and oxygen atoms in total. The van der Waals surface area contributed by atoms with Crippen LogP contribution in [0.5, 0.6) is 0 Å². The third-order valence-electron chi connectivity index (χ3n) is 4.06. The first kappa shape index (κ1) is 15.2. The van der Waals surface area contributed by atoms with Gasteiger partial charge in [-0.05, 0) is 42.5 Å². The first-order valence-electron chi connectivity index (χ1n) is 7.38. The van der Waals surface area contributed by atoms with Crippen molar-refractivity contribution in [2.45, 2.75) is 12.8 Å². The number of hydrogen-bond donors (Lipinski definition) is 1. The summed E-state index contributed by atoms with van der Waals surface area (Å²) in [5.41, 5.74) is 1.41. The maximum Gasteiger partial charge on any atom is 0.270 e. The molecule has 1 aromatic heterocycles. The summed E-state index contributed by atoms with van der Waals surface area (Å²) in [6.45, 7) is 1.14. The summed E-state index contributed by atoms with van der Waals surface area (Å²) >= 11 is 0. The average molecular weight is 315 g/mol. The SMILES string of the molecule is N#Cc1c[nH]c(C(=O)N2CCC(Cc3cc(F)cc(F)c3)C2)c1. The number of H-pyrrole nitrogens is 1. The van der Waals surface area contributed by atoms with Crippen molar-refractivity contribution < 1.29 is 13.6 Å². The van der Waals surface area contributed by atoms with Crippen LogP contribution >= 0.6 is 0 Å². The second-order valence-electron chi connectivity index (χ2n) is 5.80. The van der Waals surface area contributed by atoms with Crippen LogP contribution in [0.3, 0.4) is 0 Å². The fourth-order valence-electron chi connectivity index (χ4n) is 3.00. The fourth-order valence-corrected chi connectivity index (χ4v) is 3.00. The van der Waals surface area contributed by atoms with Crippen LogP contribution in [0.2, 0.25) is 0 Å². The molecule has 1 saturated heterocycles. The highest BCUT2D eigenvalue weighted by Gasteiger charge is 2.28. The molecule has 0 radical (unpaired) electrons. The van der Waals surface area contributed by atoms with Crippen molar-refractivity contribution >= 4 is 5.91 Å². The third-order valence-corrected chi connectivity index (χ3v) is 4.06. The summed E-state index contributed by atoms with van der Waals surface area (Å²) in [4.78, 5) is 16.8. The molecule has 2 heterocycles. The van der Waals surface area contributed by atoms with Gasteiger partial charge >= 0.3 is 0 Å². The van der Waals surface area contributed by atoms with Crippen molar-refractivity contribution in [2.75, 3.05) is 13.1 Å². The van der Waals surface area contributed by atoms with E-state index in [2.05, 4.69) is 4.98 Å². The van der Waals surface area contributed by atoms with Crippen molar-refractivity contribution in [3.05, 3.63) is 58.9 Å². The van der Waals surface area contributed by atoms with E-state index in [0.29, 0.717) is 36.3 Å². The van der Waals surface area contributed by atoms with Crippen molar-refractivity contribution in [2.24, 2.45) is 5.92 Å². The molecule has 1 aliphatic rings. The predicted molar refractivity (Wildman–Crippen MR) is 79.6 cm³/mol. The van der Waals surface area contributed by atoms with Crippen LogP contribution in [0, 0.1) is 28.9 Å². The number of likely N-dealkylation sites (tertiary alicyclic amines) is 1. The molecule has 2 aromatic rings. The smallest absolute Gasteiger partial charge is 0.270 e. The van der Waals surface area contributed by atoms with Gasteiger partial charge in [0, 0.05) is 25.4 Å². The number of aromatic nitrogens is 1. The Morgan fingerprint density at radius 3 is 2.70 bits per heavy atom. The van der Waals surface area contributed by atoms with Gasteiger partial charge in [-0.15, -0.1) is 0 Å². The minimum absolute atomic E-state index is 0.153. The monoisotopic (exact) mass is 315 g/mol. The number of nitriles is 1. The van der Waals surface area contributed by atoms with Gasteiger partial charge in [0.25, 0.3) is 5.91 Å². The number of nitrogens with zero attached hydrogens (tertiary/aromatic N) is 2. The summed E-state index contributed by atoms with van der Waals surface area (Å²) in [6, 6.07) is 7.01. The number of rotatable bonds is 3. The summed E-state index contributed by atoms with van der Waals surface area (Å²) in [6.07, 6.45) is 2.82. The van der Waals surface area contributed by atoms with E-state index >= 15 is 0 Å². The largest absolute Gasteiger partial charge is 0.356 e. The molecule has 0 bridgehead atoms. The number of benzene rings is 1. The van der Waals surface area contributed by atoms with Gasteiger partial charge in [0.05, 0.1) is 5.56 Å². The molecule has 3 rings (SSSR count). The average Bonchev–Trinajstić information content (AvgIpc) is 3.14. The normalized spacial score (nSPS) is 17.3. The molecule has 1 N–H and O–H groups in total. The molecule has 0 saturated carbocycles. The van der Waals surface area contributed by atoms with Gasteiger partial charge in [-0.25, -0.2) is 8.78 Å². The summed E-state index contributed by atoms with van der Waals surface area (Å²) in [5, 5.41) is 8.79. The van der Waals surface area contributed by atoms with Crippen LogP contribution < -0.4 is 0 Å². The summed E-state index contributed by atoms with van der Waals surface area (Å²) in [5.74, 6) is -1.15. The second-order valence-corrected chi connectivity index (χ2v) is 5.80. The molecule has 1 aromatic carbocycles. The van der Waals surface area contributed by atoms with E-state index in [1.807, 2.05) is 6.07 Å². The van der Waals surface area contributed by atoms with Gasteiger partial charge in [-0.2, -0.15) is 5.26 Å². The minimum Gasteiger partial charge on any atom is -0.356 e. The zero-order valence-electron chi connectivity index (χ0n) is 12.4. The first-order valence-corrected chi connectivity index (χ1v) is 7.38. The Bertz CT molecular complexity index is 758. The Balaban J connectivity index is 1.64. The zero-order valence-corrected chi connectivity index (χ0v) is 12.4. The minimum atomic E-state index is -0.582. The van der Waals surface area contributed by atoms with Crippen molar-refractivity contribution in [1.82, 2.24) is 9.88 Å². The summed E-state index contributed by atoms with van der Waals surface area (Å²) < 4.78 is 26.5. The van der Waals surface area contributed by atoms with Crippen LogP contribution in [-0.2, 0) is 6.42 Å². The van der Waals surface area contributed by atoms with Gasteiger partial charge < -0.3 is 9.88 Å². The molecule has 23 heavy (non-hydrogen) atoms. The lowest BCUT2D eigenvalue weighted by Gasteiger charge is -2.15.